The molecule has 0 unspecified atom stereocenters. The van der Waals surface area contributed by atoms with Crippen molar-refractivity contribution in [2.24, 2.45) is 0 Å². The second-order valence-electron chi connectivity index (χ2n) is 4.68. The molecular weight excluding hydrogens is 351 g/mol. The van der Waals surface area contributed by atoms with Crippen LogP contribution in [0.25, 0.3) is 10.8 Å². The molecule has 22 heavy (non-hydrogen) atoms. The molecule has 2 aromatic carbocycles. The van der Waals surface area contributed by atoms with Crippen LogP contribution < -0.4 is 9.74 Å². The topological polar surface area (TPSA) is 66.5 Å². The van der Waals surface area contributed by atoms with Gasteiger partial charge in [0.25, 0.3) is 11.8 Å². The molecule has 0 atom stereocenters. The quantitative estimate of drug-likeness (QED) is 0.627. The first-order valence-electron chi connectivity index (χ1n) is 6.09. The van der Waals surface area contributed by atoms with Gasteiger partial charge in [-0.25, -0.2) is 4.42 Å². The molecule has 0 spiro atoms. The SMILES string of the molecule is CC(=O)N(Cl)c1cc(Cl)c2c(Cl)ccc3c2c1C(=O)NC3=O. The van der Waals surface area contributed by atoms with Crippen molar-refractivity contribution in [2.45, 2.75) is 6.92 Å². The lowest BCUT2D eigenvalue weighted by Crippen LogP contribution is -2.36. The zero-order valence-electron chi connectivity index (χ0n) is 11.0. The number of amides is 3. The highest BCUT2D eigenvalue weighted by Gasteiger charge is 2.31. The zero-order valence-corrected chi connectivity index (χ0v) is 13.3. The van der Waals surface area contributed by atoms with Gasteiger partial charge in [-0.05, 0) is 18.2 Å². The van der Waals surface area contributed by atoms with E-state index >= 15 is 0 Å². The van der Waals surface area contributed by atoms with Gasteiger partial charge in [0.2, 0.25) is 5.91 Å². The molecule has 112 valence electrons. The van der Waals surface area contributed by atoms with Gasteiger partial charge in [0.05, 0.1) is 16.3 Å². The Morgan fingerprint density at radius 3 is 2.41 bits per heavy atom. The van der Waals surface area contributed by atoms with Crippen molar-refractivity contribution in [3.63, 3.8) is 0 Å². The maximum atomic E-state index is 12.2. The van der Waals surface area contributed by atoms with Crippen LogP contribution in [0.1, 0.15) is 27.6 Å². The van der Waals surface area contributed by atoms with E-state index in [2.05, 4.69) is 5.32 Å². The van der Waals surface area contributed by atoms with Crippen LogP contribution in [0, 0.1) is 0 Å². The van der Waals surface area contributed by atoms with Gasteiger partial charge in [0.15, 0.2) is 0 Å². The van der Waals surface area contributed by atoms with E-state index in [-0.39, 0.29) is 27.2 Å². The lowest BCUT2D eigenvalue weighted by atomic mass is 9.93. The number of hydrogen-bond acceptors (Lipinski definition) is 3. The fraction of sp³-hybridized carbons (Fsp3) is 0.0714. The number of nitrogens with one attached hydrogen (secondary N) is 1. The van der Waals surface area contributed by atoms with Crippen LogP contribution in [-0.2, 0) is 4.79 Å². The van der Waals surface area contributed by atoms with Crippen LogP contribution in [-0.4, -0.2) is 17.7 Å². The maximum Gasteiger partial charge on any atom is 0.260 e. The summed E-state index contributed by atoms with van der Waals surface area (Å²) in [5, 5.41) is 3.35. The molecule has 2 aromatic rings. The number of carbonyl (C=O) groups is 3. The van der Waals surface area contributed by atoms with Crippen LogP contribution in [0.2, 0.25) is 10.0 Å². The summed E-state index contributed by atoms with van der Waals surface area (Å²) in [7, 11) is 0. The van der Waals surface area contributed by atoms with Crippen molar-refractivity contribution in [3.05, 3.63) is 39.4 Å². The summed E-state index contributed by atoms with van der Waals surface area (Å²) in [6.07, 6.45) is 0. The van der Waals surface area contributed by atoms with Crippen molar-refractivity contribution in [1.82, 2.24) is 5.32 Å². The van der Waals surface area contributed by atoms with Crippen molar-refractivity contribution in [3.8, 4) is 0 Å². The van der Waals surface area contributed by atoms with Gasteiger partial charge >= 0.3 is 0 Å². The Morgan fingerprint density at radius 2 is 1.77 bits per heavy atom. The molecular formula is C14H7Cl3N2O3. The third-order valence-electron chi connectivity index (χ3n) is 3.35. The molecule has 3 rings (SSSR count). The molecule has 0 radical (unpaired) electrons. The molecule has 0 saturated heterocycles. The average Bonchev–Trinajstić information content (AvgIpc) is 2.44. The van der Waals surface area contributed by atoms with E-state index in [1.807, 2.05) is 0 Å². The summed E-state index contributed by atoms with van der Waals surface area (Å²) in [6.45, 7) is 1.24. The van der Waals surface area contributed by atoms with Crippen LogP contribution in [0.5, 0.6) is 0 Å². The molecule has 8 heteroatoms. The number of imide groups is 1. The highest BCUT2D eigenvalue weighted by atomic mass is 35.5. The molecule has 3 amide bonds. The van der Waals surface area contributed by atoms with Crippen LogP contribution in [0.15, 0.2) is 18.2 Å². The lowest BCUT2D eigenvalue weighted by molar-refractivity contribution is -0.115. The number of rotatable bonds is 1. The average molecular weight is 358 g/mol. The highest BCUT2D eigenvalue weighted by Crippen LogP contribution is 2.42. The Morgan fingerprint density at radius 1 is 1.09 bits per heavy atom. The summed E-state index contributed by atoms with van der Waals surface area (Å²) in [5.41, 5.74) is 0.424. The molecule has 0 bridgehead atoms. The summed E-state index contributed by atoms with van der Waals surface area (Å²) in [4.78, 5) is 35.8. The van der Waals surface area contributed by atoms with Crippen LogP contribution in [0.3, 0.4) is 0 Å². The minimum Gasteiger partial charge on any atom is -0.288 e. The number of hydrogen-bond donors (Lipinski definition) is 1. The Kier molecular flexibility index (Phi) is 3.51. The van der Waals surface area contributed by atoms with E-state index in [9.17, 15) is 14.4 Å². The van der Waals surface area contributed by atoms with Gasteiger partial charge in [-0.15, -0.1) is 0 Å². The van der Waals surface area contributed by atoms with Gasteiger partial charge in [0, 0.05) is 40.1 Å². The normalized spacial score (nSPS) is 13.3. The van der Waals surface area contributed by atoms with Crippen LogP contribution in [0.4, 0.5) is 5.69 Å². The molecule has 1 aliphatic heterocycles. The van der Waals surface area contributed by atoms with Crippen molar-refractivity contribution in [1.29, 1.82) is 0 Å². The summed E-state index contributed by atoms with van der Waals surface area (Å²) >= 11 is 18.3. The molecule has 1 heterocycles. The van der Waals surface area contributed by atoms with E-state index in [1.54, 1.807) is 0 Å². The van der Waals surface area contributed by atoms with E-state index in [0.717, 1.165) is 4.42 Å². The number of nitrogens with zero attached hydrogens (tertiary/aromatic N) is 1. The Bertz CT molecular complexity index is 879. The standard InChI is InChI=1S/C14H7Cl3N2O3/c1-5(20)19(17)9-4-8(16)11-7(15)3-2-6-10(11)12(9)14(22)18-13(6)21/h2-4H,1H3,(H,18,21,22). The van der Waals surface area contributed by atoms with Crippen LogP contribution >= 0.6 is 35.0 Å². The molecule has 0 aliphatic carbocycles. The predicted molar refractivity (Wildman–Crippen MR) is 84.8 cm³/mol. The second-order valence-corrected chi connectivity index (χ2v) is 5.83. The number of benzene rings is 2. The van der Waals surface area contributed by atoms with Gasteiger partial charge in [-0.2, -0.15) is 0 Å². The summed E-state index contributed by atoms with van der Waals surface area (Å²) in [5.74, 6) is -1.72. The molecule has 0 fully saturated rings. The smallest absolute Gasteiger partial charge is 0.260 e. The third-order valence-corrected chi connectivity index (χ3v) is 4.38. The zero-order chi connectivity index (χ0) is 16.2. The second kappa shape index (κ2) is 5.12. The van der Waals surface area contributed by atoms with E-state index < -0.39 is 17.7 Å². The van der Waals surface area contributed by atoms with Gasteiger partial charge in [0.1, 0.15) is 0 Å². The molecule has 1 aliphatic rings. The van der Waals surface area contributed by atoms with Gasteiger partial charge < -0.3 is 0 Å². The first-order valence-corrected chi connectivity index (χ1v) is 7.19. The van der Waals surface area contributed by atoms with Crippen molar-refractivity contribution >= 4 is 69.2 Å². The van der Waals surface area contributed by atoms with Gasteiger partial charge in [-0.1, -0.05) is 23.2 Å². The predicted octanol–water partition coefficient (Wildman–Crippen LogP) is 3.54. The van der Waals surface area contributed by atoms with E-state index in [0.29, 0.717) is 10.4 Å². The van der Waals surface area contributed by atoms with Gasteiger partial charge in [-0.3, -0.25) is 19.7 Å². The summed E-state index contributed by atoms with van der Waals surface area (Å²) < 4.78 is 0.778. The first-order chi connectivity index (χ1) is 10.3. The molecule has 1 N–H and O–H groups in total. The van der Waals surface area contributed by atoms with Crippen molar-refractivity contribution in [2.75, 3.05) is 4.42 Å². The Labute approximate surface area is 139 Å². The molecule has 5 nitrogen and oxygen atoms in total. The number of carbonyl (C=O) groups excluding carboxylic acids is 3. The largest absolute Gasteiger partial charge is 0.288 e. The number of anilines is 1. The maximum absolute atomic E-state index is 12.2. The summed E-state index contributed by atoms with van der Waals surface area (Å²) in [6, 6.07) is 4.38. The molecule has 0 aromatic heterocycles. The first kappa shape index (κ1) is 15.1. The van der Waals surface area contributed by atoms with E-state index in [4.69, 9.17) is 35.0 Å². The Balaban J connectivity index is 2.54. The highest BCUT2D eigenvalue weighted by molar-refractivity contribution is 6.46. The van der Waals surface area contributed by atoms with Crippen molar-refractivity contribution < 1.29 is 14.4 Å². The van der Waals surface area contributed by atoms with E-state index in [1.165, 1.54) is 25.1 Å². The minimum absolute atomic E-state index is 0.0849. The minimum atomic E-state index is -0.664. The monoisotopic (exact) mass is 356 g/mol. The fourth-order valence-corrected chi connectivity index (χ4v) is 3.18. The third kappa shape index (κ3) is 2.05. The fourth-order valence-electron chi connectivity index (χ4n) is 2.44. The molecule has 0 saturated carbocycles. The number of halogens is 3. The lowest BCUT2D eigenvalue weighted by Gasteiger charge is -2.23. The Hall–Kier alpha value is -1.82.